The molecule has 0 aromatic carbocycles. The molecule has 1 fully saturated rings. The lowest BCUT2D eigenvalue weighted by Gasteiger charge is -2.31. The smallest absolute Gasteiger partial charge is 0.303 e. The van der Waals surface area contributed by atoms with Crippen molar-refractivity contribution in [1.29, 1.82) is 0 Å². The van der Waals surface area contributed by atoms with Gasteiger partial charge in [0, 0.05) is 19.5 Å². The van der Waals surface area contributed by atoms with Gasteiger partial charge in [0.05, 0.1) is 6.61 Å². The van der Waals surface area contributed by atoms with E-state index in [2.05, 4.69) is 4.90 Å². The fourth-order valence-electron chi connectivity index (χ4n) is 2.06. The molecule has 0 bridgehead atoms. The summed E-state index contributed by atoms with van der Waals surface area (Å²) in [7, 11) is 0. The molecule has 0 saturated carbocycles. The number of carbonyl (C=O) groups is 1. The fraction of sp³-hybridized carbons (Fsp3) is 0.900. The second-order valence-electron chi connectivity index (χ2n) is 3.96. The highest BCUT2D eigenvalue weighted by atomic mass is 16.4. The third-order valence-corrected chi connectivity index (χ3v) is 2.79. The second-order valence-corrected chi connectivity index (χ2v) is 3.96. The Balaban J connectivity index is 2.21. The van der Waals surface area contributed by atoms with Crippen LogP contribution in [-0.2, 0) is 4.79 Å². The summed E-state index contributed by atoms with van der Waals surface area (Å²) in [6, 6.07) is 0. The molecule has 82 valence electrons. The van der Waals surface area contributed by atoms with Crippen molar-refractivity contribution >= 4 is 5.97 Å². The number of nitrogens with zero attached hydrogens (tertiary/aromatic N) is 1. The first-order chi connectivity index (χ1) is 6.72. The minimum Gasteiger partial charge on any atom is -0.481 e. The molecule has 0 amide bonds. The Bertz CT molecular complexity index is 182. The van der Waals surface area contributed by atoms with Gasteiger partial charge in [0.25, 0.3) is 0 Å². The van der Waals surface area contributed by atoms with E-state index in [0.717, 1.165) is 38.9 Å². The molecule has 14 heavy (non-hydrogen) atoms. The van der Waals surface area contributed by atoms with Crippen molar-refractivity contribution in [1.82, 2.24) is 4.90 Å². The second kappa shape index (κ2) is 5.98. The summed E-state index contributed by atoms with van der Waals surface area (Å²) in [4.78, 5) is 12.6. The van der Waals surface area contributed by atoms with E-state index in [9.17, 15) is 4.79 Å². The molecule has 0 spiro atoms. The summed E-state index contributed by atoms with van der Waals surface area (Å²) >= 11 is 0. The Labute approximate surface area is 84.5 Å². The first-order valence-electron chi connectivity index (χ1n) is 5.27. The Morgan fingerprint density at radius 2 is 2.29 bits per heavy atom. The quantitative estimate of drug-likeness (QED) is 0.682. The molecular formula is C10H19NO3. The minimum absolute atomic E-state index is 0.200. The third kappa shape index (κ3) is 4.07. The number of piperidine rings is 1. The summed E-state index contributed by atoms with van der Waals surface area (Å²) in [6.07, 6.45) is 3.31. The van der Waals surface area contributed by atoms with Crippen LogP contribution in [0.4, 0.5) is 0 Å². The summed E-state index contributed by atoms with van der Waals surface area (Å²) in [5, 5.41) is 17.3. The van der Waals surface area contributed by atoms with Gasteiger partial charge in [0.1, 0.15) is 0 Å². The Morgan fingerprint density at radius 1 is 1.50 bits per heavy atom. The maximum Gasteiger partial charge on any atom is 0.303 e. The van der Waals surface area contributed by atoms with Gasteiger partial charge < -0.3 is 15.1 Å². The lowest BCUT2D eigenvalue weighted by atomic mass is 9.93. The number of carboxylic acids is 1. The van der Waals surface area contributed by atoms with Crippen LogP contribution in [-0.4, -0.2) is 47.3 Å². The minimum atomic E-state index is -0.704. The molecular weight excluding hydrogens is 182 g/mol. The van der Waals surface area contributed by atoms with Crippen LogP contribution >= 0.6 is 0 Å². The van der Waals surface area contributed by atoms with Gasteiger partial charge in [-0.1, -0.05) is 0 Å². The van der Waals surface area contributed by atoms with Crippen LogP contribution < -0.4 is 0 Å². The molecule has 1 aliphatic heterocycles. The highest BCUT2D eigenvalue weighted by Crippen LogP contribution is 2.20. The molecule has 1 saturated heterocycles. The Kier molecular flexibility index (Phi) is 4.90. The average Bonchev–Trinajstić information content (AvgIpc) is 2.16. The van der Waals surface area contributed by atoms with Gasteiger partial charge in [-0.2, -0.15) is 0 Å². The summed E-state index contributed by atoms with van der Waals surface area (Å²) in [5.41, 5.74) is 0. The number of likely N-dealkylation sites (tertiary alicyclic amines) is 1. The number of β-amino-alcohol motifs (C(OH)–C–C–N with tert-alkyl or cyclic N) is 1. The van der Waals surface area contributed by atoms with Crippen LogP contribution in [0.3, 0.4) is 0 Å². The van der Waals surface area contributed by atoms with Crippen LogP contribution in [0.25, 0.3) is 0 Å². The predicted molar refractivity (Wildman–Crippen MR) is 53.1 cm³/mol. The Hall–Kier alpha value is -0.610. The van der Waals surface area contributed by atoms with E-state index in [1.165, 1.54) is 0 Å². The van der Waals surface area contributed by atoms with E-state index in [4.69, 9.17) is 10.2 Å². The van der Waals surface area contributed by atoms with Gasteiger partial charge in [-0.3, -0.25) is 4.79 Å². The van der Waals surface area contributed by atoms with Crippen LogP contribution in [0.1, 0.15) is 25.7 Å². The Morgan fingerprint density at radius 3 is 2.93 bits per heavy atom. The molecule has 1 atom stereocenters. The molecule has 1 unspecified atom stereocenters. The van der Waals surface area contributed by atoms with Crippen molar-refractivity contribution in [2.24, 2.45) is 5.92 Å². The third-order valence-electron chi connectivity index (χ3n) is 2.79. The molecule has 0 aromatic rings. The van der Waals surface area contributed by atoms with Crippen LogP contribution in [0.15, 0.2) is 0 Å². The summed E-state index contributed by atoms with van der Waals surface area (Å²) in [6.45, 7) is 2.92. The summed E-state index contributed by atoms with van der Waals surface area (Å²) < 4.78 is 0. The summed E-state index contributed by atoms with van der Waals surface area (Å²) in [5.74, 6) is -0.198. The number of carboxylic acid groups (broad SMARTS) is 1. The zero-order valence-electron chi connectivity index (χ0n) is 8.48. The number of rotatable bonds is 5. The van der Waals surface area contributed by atoms with Crippen molar-refractivity contribution in [3.8, 4) is 0 Å². The highest BCUT2D eigenvalue weighted by molar-refractivity contribution is 5.66. The average molecular weight is 201 g/mol. The van der Waals surface area contributed by atoms with Crippen molar-refractivity contribution < 1.29 is 15.0 Å². The van der Waals surface area contributed by atoms with Crippen LogP contribution in [0, 0.1) is 5.92 Å². The number of aliphatic carboxylic acids is 1. The standard InChI is InChI=1S/C10H19NO3/c12-7-6-11-5-1-2-9(8-11)3-4-10(13)14/h9,12H,1-8H2,(H,13,14). The predicted octanol–water partition coefficient (Wildman–Crippen LogP) is 0.556. The van der Waals surface area contributed by atoms with Gasteiger partial charge in [-0.05, 0) is 31.7 Å². The van der Waals surface area contributed by atoms with Gasteiger partial charge in [0.2, 0.25) is 0 Å². The first-order valence-corrected chi connectivity index (χ1v) is 5.27. The molecule has 2 N–H and O–H groups in total. The fourth-order valence-corrected chi connectivity index (χ4v) is 2.06. The highest BCUT2D eigenvalue weighted by Gasteiger charge is 2.19. The molecule has 4 heteroatoms. The number of hydrogen-bond donors (Lipinski definition) is 2. The number of hydrogen-bond acceptors (Lipinski definition) is 3. The normalized spacial score (nSPS) is 23.6. The molecule has 1 heterocycles. The van der Waals surface area contributed by atoms with Crippen molar-refractivity contribution in [2.75, 3.05) is 26.2 Å². The largest absolute Gasteiger partial charge is 0.481 e. The van der Waals surface area contributed by atoms with Crippen molar-refractivity contribution in [3.05, 3.63) is 0 Å². The molecule has 4 nitrogen and oxygen atoms in total. The van der Waals surface area contributed by atoms with E-state index in [1.54, 1.807) is 0 Å². The monoisotopic (exact) mass is 201 g/mol. The van der Waals surface area contributed by atoms with Crippen LogP contribution in [0.5, 0.6) is 0 Å². The lowest BCUT2D eigenvalue weighted by molar-refractivity contribution is -0.137. The van der Waals surface area contributed by atoms with Crippen molar-refractivity contribution in [2.45, 2.75) is 25.7 Å². The maximum absolute atomic E-state index is 10.4. The van der Waals surface area contributed by atoms with Gasteiger partial charge in [0.15, 0.2) is 0 Å². The molecule has 0 aromatic heterocycles. The van der Waals surface area contributed by atoms with Gasteiger partial charge in [-0.25, -0.2) is 0 Å². The van der Waals surface area contributed by atoms with Gasteiger partial charge >= 0.3 is 5.97 Å². The molecule has 0 radical (unpaired) electrons. The lowest BCUT2D eigenvalue weighted by Crippen LogP contribution is -2.37. The molecule has 1 rings (SSSR count). The number of aliphatic hydroxyl groups excluding tert-OH is 1. The topological polar surface area (TPSA) is 60.8 Å². The molecule has 0 aliphatic carbocycles. The van der Waals surface area contributed by atoms with Gasteiger partial charge in [-0.15, -0.1) is 0 Å². The van der Waals surface area contributed by atoms with E-state index < -0.39 is 5.97 Å². The van der Waals surface area contributed by atoms with Crippen molar-refractivity contribution in [3.63, 3.8) is 0 Å². The number of aliphatic hydroxyl groups is 1. The zero-order chi connectivity index (χ0) is 10.4. The maximum atomic E-state index is 10.4. The van der Waals surface area contributed by atoms with E-state index in [0.29, 0.717) is 5.92 Å². The SMILES string of the molecule is O=C(O)CCC1CCCN(CCO)C1. The zero-order valence-corrected chi connectivity index (χ0v) is 8.48. The molecule has 1 aliphatic rings. The first kappa shape index (κ1) is 11.5. The van der Waals surface area contributed by atoms with E-state index in [-0.39, 0.29) is 13.0 Å². The van der Waals surface area contributed by atoms with E-state index in [1.807, 2.05) is 0 Å². The van der Waals surface area contributed by atoms with E-state index >= 15 is 0 Å². The van der Waals surface area contributed by atoms with Crippen LogP contribution in [0.2, 0.25) is 0 Å².